The predicted molar refractivity (Wildman–Crippen MR) is 56.5 cm³/mol. The number of hydrogen-bond acceptors (Lipinski definition) is 4. The summed E-state index contributed by atoms with van der Waals surface area (Å²) >= 11 is 0. The third kappa shape index (κ3) is 4.59. The molecule has 0 saturated heterocycles. The van der Waals surface area contributed by atoms with Crippen molar-refractivity contribution in [3.8, 4) is 0 Å². The van der Waals surface area contributed by atoms with Gasteiger partial charge in [-0.1, -0.05) is 0 Å². The van der Waals surface area contributed by atoms with E-state index in [9.17, 15) is 9.59 Å². The fourth-order valence-electron chi connectivity index (χ4n) is 1.13. The fourth-order valence-corrected chi connectivity index (χ4v) is 1.13. The Morgan fingerprint density at radius 1 is 1.50 bits per heavy atom. The third-order valence-electron chi connectivity index (χ3n) is 1.82. The summed E-state index contributed by atoms with van der Waals surface area (Å²) in [6.07, 6.45) is 3.50. The summed E-state index contributed by atoms with van der Waals surface area (Å²) in [5, 5.41) is 6.50. The molecule has 6 nitrogen and oxygen atoms in total. The maximum absolute atomic E-state index is 11.3. The highest BCUT2D eigenvalue weighted by Crippen LogP contribution is 1.86. The molecular weight excluding hydrogens is 210 g/mol. The number of rotatable bonds is 6. The quantitative estimate of drug-likeness (QED) is 0.689. The Morgan fingerprint density at radius 2 is 2.31 bits per heavy atom. The van der Waals surface area contributed by atoms with Gasteiger partial charge in [0.05, 0.1) is 13.0 Å². The van der Waals surface area contributed by atoms with Gasteiger partial charge in [-0.3, -0.25) is 14.3 Å². The van der Waals surface area contributed by atoms with E-state index in [4.69, 9.17) is 4.74 Å². The van der Waals surface area contributed by atoms with Crippen molar-refractivity contribution in [1.29, 1.82) is 0 Å². The molecule has 6 heteroatoms. The number of esters is 1. The molecule has 16 heavy (non-hydrogen) atoms. The molecule has 0 atom stereocenters. The summed E-state index contributed by atoms with van der Waals surface area (Å²) in [7, 11) is 0. The topological polar surface area (TPSA) is 73.2 Å². The van der Waals surface area contributed by atoms with Gasteiger partial charge in [0.1, 0.15) is 6.54 Å². The first-order chi connectivity index (χ1) is 7.72. The number of amides is 1. The summed E-state index contributed by atoms with van der Waals surface area (Å²) in [4.78, 5) is 22.3. The molecule has 0 aliphatic carbocycles. The molecular formula is C10H15N3O3. The van der Waals surface area contributed by atoms with E-state index < -0.39 is 0 Å². The number of carbonyl (C=O) groups is 2. The third-order valence-corrected chi connectivity index (χ3v) is 1.82. The second kappa shape index (κ2) is 6.60. The molecule has 0 aliphatic rings. The lowest BCUT2D eigenvalue weighted by molar-refractivity contribution is -0.143. The van der Waals surface area contributed by atoms with E-state index in [1.165, 1.54) is 4.68 Å². The van der Waals surface area contributed by atoms with Crippen molar-refractivity contribution in [3.63, 3.8) is 0 Å². The zero-order chi connectivity index (χ0) is 11.8. The normalized spacial score (nSPS) is 9.81. The summed E-state index contributed by atoms with van der Waals surface area (Å²) in [5.74, 6) is -0.477. The predicted octanol–water partition coefficient (Wildman–Crippen LogP) is -0.0475. The minimum absolute atomic E-state index is 0.163. The first kappa shape index (κ1) is 12.2. The number of hydrogen-bond donors (Lipinski definition) is 1. The number of nitrogens with zero attached hydrogens (tertiary/aromatic N) is 2. The van der Waals surface area contributed by atoms with Gasteiger partial charge in [0.2, 0.25) is 5.91 Å². The molecule has 0 spiro atoms. The van der Waals surface area contributed by atoms with Crippen LogP contribution < -0.4 is 5.32 Å². The molecule has 1 N–H and O–H groups in total. The Kier molecular flexibility index (Phi) is 5.04. The molecule has 0 bridgehead atoms. The lowest BCUT2D eigenvalue weighted by Crippen LogP contribution is -2.30. The Morgan fingerprint density at radius 3 is 2.94 bits per heavy atom. The van der Waals surface area contributed by atoms with E-state index >= 15 is 0 Å². The fraction of sp³-hybridized carbons (Fsp3) is 0.500. The van der Waals surface area contributed by atoms with Crippen LogP contribution in [0.25, 0.3) is 0 Å². The summed E-state index contributed by atoms with van der Waals surface area (Å²) in [6.45, 7) is 2.56. The van der Waals surface area contributed by atoms with Crippen LogP contribution in [0.15, 0.2) is 18.5 Å². The van der Waals surface area contributed by atoms with Crippen molar-refractivity contribution in [3.05, 3.63) is 18.5 Å². The molecule has 1 rings (SSSR count). The second-order valence-corrected chi connectivity index (χ2v) is 3.11. The van der Waals surface area contributed by atoms with Crippen LogP contribution in [0, 0.1) is 0 Å². The number of ether oxygens (including phenoxy) is 1. The Labute approximate surface area is 93.6 Å². The summed E-state index contributed by atoms with van der Waals surface area (Å²) in [6, 6.07) is 1.74. The van der Waals surface area contributed by atoms with Crippen molar-refractivity contribution in [2.24, 2.45) is 0 Å². The Bertz CT molecular complexity index is 335. The monoisotopic (exact) mass is 225 g/mol. The van der Waals surface area contributed by atoms with Gasteiger partial charge in [-0.05, 0) is 13.0 Å². The minimum Gasteiger partial charge on any atom is -0.466 e. The molecule has 1 aromatic rings. The molecule has 0 unspecified atom stereocenters. The highest BCUT2D eigenvalue weighted by atomic mass is 16.5. The largest absolute Gasteiger partial charge is 0.466 e. The van der Waals surface area contributed by atoms with Crippen molar-refractivity contribution in [2.45, 2.75) is 19.9 Å². The molecule has 0 fully saturated rings. The SMILES string of the molecule is CCOC(=O)CCNC(=O)Cn1cccn1. The van der Waals surface area contributed by atoms with E-state index in [0.717, 1.165) is 0 Å². The molecule has 0 aromatic carbocycles. The molecule has 0 saturated carbocycles. The minimum atomic E-state index is -0.304. The van der Waals surface area contributed by atoms with Crippen LogP contribution in [0.2, 0.25) is 0 Å². The van der Waals surface area contributed by atoms with Crippen LogP contribution in [-0.2, 0) is 20.9 Å². The smallest absolute Gasteiger partial charge is 0.307 e. The maximum Gasteiger partial charge on any atom is 0.307 e. The first-order valence-corrected chi connectivity index (χ1v) is 5.12. The second-order valence-electron chi connectivity index (χ2n) is 3.11. The summed E-state index contributed by atoms with van der Waals surface area (Å²) in [5.41, 5.74) is 0. The molecule has 1 amide bonds. The highest BCUT2D eigenvalue weighted by molar-refractivity contribution is 5.76. The van der Waals surface area contributed by atoms with E-state index in [2.05, 4.69) is 10.4 Å². The molecule has 1 aromatic heterocycles. The van der Waals surface area contributed by atoms with Crippen molar-refractivity contribution in [2.75, 3.05) is 13.2 Å². The molecule has 0 radical (unpaired) electrons. The standard InChI is InChI=1S/C10H15N3O3/c1-2-16-10(15)4-6-11-9(14)8-13-7-3-5-12-13/h3,5,7H,2,4,6,8H2,1H3,(H,11,14). The molecule has 1 heterocycles. The van der Waals surface area contributed by atoms with Gasteiger partial charge in [0.25, 0.3) is 0 Å². The van der Waals surface area contributed by atoms with Crippen LogP contribution in [-0.4, -0.2) is 34.8 Å². The highest BCUT2D eigenvalue weighted by Gasteiger charge is 2.04. The van der Waals surface area contributed by atoms with E-state index in [1.54, 1.807) is 25.4 Å². The van der Waals surface area contributed by atoms with E-state index in [-0.39, 0.29) is 24.8 Å². The number of aromatic nitrogens is 2. The van der Waals surface area contributed by atoms with E-state index in [0.29, 0.717) is 13.2 Å². The molecule has 88 valence electrons. The average Bonchev–Trinajstić information content (AvgIpc) is 2.70. The zero-order valence-corrected chi connectivity index (χ0v) is 9.18. The van der Waals surface area contributed by atoms with Gasteiger partial charge in [0.15, 0.2) is 0 Å². The van der Waals surface area contributed by atoms with Gasteiger partial charge in [0, 0.05) is 18.9 Å². The van der Waals surface area contributed by atoms with Gasteiger partial charge in [-0.25, -0.2) is 0 Å². The Hall–Kier alpha value is -1.85. The summed E-state index contributed by atoms with van der Waals surface area (Å²) < 4.78 is 6.24. The van der Waals surface area contributed by atoms with Crippen LogP contribution in [0.1, 0.15) is 13.3 Å². The lowest BCUT2D eigenvalue weighted by Gasteiger charge is -2.05. The van der Waals surface area contributed by atoms with Gasteiger partial charge in [-0.15, -0.1) is 0 Å². The van der Waals surface area contributed by atoms with Crippen LogP contribution >= 0.6 is 0 Å². The zero-order valence-electron chi connectivity index (χ0n) is 9.18. The van der Waals surface area contributed by atoms with Crippen molar-refractivity contribution >= 4 is 11.9 Å². The van der Waals surface area contributed by atoms with Crippen molar-refractivity contribution < 1.29 is 14.3 Å². The van der Waals surface area contributed by atoms with Crippen LogP contribution in [0.4, 0.5) is 0 Å². The average molecular weight is 225 g/mol. The van der Waals surface area contributed by atoms with E-state index in [1.807, 2.05) is 0 Å². The molecule has 0 aliphatic heterocycles. The van der Waals surface area contributed by atoms with Gasteiger partial charge < -0.3 is 10.1 Å². The lowest BCUT2D eigenvalue weighted by atomic mass is 10.4. The van der Waals surface area contributed by atoms with Crippen LogP contribution in [0.5, 0.6) is 0 Å². The van der Waals surface area contributed by atoms with Gasteiger partial charge >= 0.3 is 5.97 Å². The first-order valence-electron chi connectivity index (χ1n) is 5.12. The number of carbonyl (C=O) groups excluding carboxylic acids is 2. The maximum atomic E-state index is 11.3. The van der Waals surface area contributed by atoms with Crippen LogP contribution in [0.3, 0.4) is 0 Å². The van der Waals surface area contributed by atoms with Gasteiger partial charge in [-0.2, -0.15) is 5.10 Å². The number of nitrogens with one attached hydrogen (secondary N) is 1. The van der Waals surface area contributed by atoms with Crippen molar-refractivity contribution in [1.82, 2.24) is 15.1 Å². The Balaban J connectivity index is 2.13.